The van der Waals surface area contributed by atoms with Crippen LogP contribution in [0.2, 0.25) is 0 Å². The third-order valence-electron chi connectivity index (χ3n) is 2.46. The van der Waals surface area contributed by atoms with Gasteiger partial charge in [-0.3, -0.25) is 0 Å². The first-order chi connectivity index (χ1) is 7.24. The van der Waals surface area contributed by atoms with Crippen molar-refractivity contribution >= 4 is 5.69 Å². The molecule has 0 unspecified atom stereocenters. The molecule has 0 radical (unpaired) electrons. The van der Waals surface area contributed by atoms with Gasteiger partial charge in [-0.25, -0.2) is 0 Å². The van der Waals surface area contributed by atoms with Crippen LogP contribution in [0.3, 0.4) is 0 Å². The van der Waals surface area contributed by atoms with E-state index in [0.29, 0.717) is 5.92 Å². The average molecular weight is 206 g/mol. The number of likely N-dealkylation sites (N-methyl/N-ethyl adjacent to an activating group) is 1. The van der Waals surface area contributed by atoms with Gasteiger partial charge in [-0.15, -0.1) is 0 Å². The fourth-order valence-corrected chi connectivity index (χ4v) is 1.46. The lowest BCUT2D eigenvalue weighted by atomic mass is 10.0. The second-order valence-electron chi connectivity index (χ2n) is 4.06. The highest BCUT2D eigenvalue weighted by atomic mass is 14.9. The van der Waals surface area contributed by atoms with E-state index >= 15 is 0 Å². The maximum absolute atomic E-state index is 3.38. The Morgan fingerprint density at radius 2 is 1.73 bits per heavy atom. The van der Waals surface area contributed by atoms with Gasteiger partial charge in [0.05, 0.1) is 0 Å². The zero-order chi connectivity index (χ0) is 11.1. The minimum absolute atomic E-state index is 0.612. The Morgan fingerprint density at radius 3 is 2.27 bits per heavy atom. The van der Waals surface area contributed by atoms with Crippen molar-refractivity contribution in [3.63, 3.8) is 0 Å². The smallest absolute Gasteiger partial charge is 0.0340 e. The lowest BCUT2D eigenvalue weighted by Gasteiger charge is -2.09. The molecule has 1 aromatic carbocycles. The Hall–Kier alpha value is -1.02. The molecule has 0 amide bonds. The number of hydrogen-bond acceptors (Lipinski definition) is 2. The molecule has 0 bridgehead atoms. The second kappa shape index (κ2) is 6.46. The Kier molecular flexibility index (Phi) is 5.19. The van der Waals surface area contributed by atoms with Crippen LogP contribution in [-0.2, 0) is 0 Å². The molecule has 0 heterocycles. The zero-order valence-corrected chi connectivity index (χ0v) is 10.0. The van der Waals surface area contributed by atoms with Crippen LogP contribution >= 0.6 is 0 Å². The number of rotatable bonds is 6. The van der Waals surface area contributed by atoms with Crippen molar-refractivity contribution in [2.24, 2.45) is 0 Å². The van der Waals surface area contributed by atoms with Crippen LogP contribution in [0.1, 0.15) is 32.3 Å². The van der Waals surface area contributed by atoms with Crippen molar-refractivity contribution in [2.45, 2.75) is 26.7 Å². The molecular formula is C13H22N2. The number of nitrogens with one attached hydrogen (secondary N) is 2. The van der Waals surface area contributed by atoms with Gasteiger partial charge in [0.1, 0.15) is 0 Å². The maximum atomic E-state index is 3.38. The van der Waals surface area contributed by atoms with Crippen LogP contribution in [0, 0.1) is 0 Å². The van der Waals surface area contributed by atoms with Crippen LogP contribution in [0.5, 0.6) is 0 Å². The molecule has 0 aliphatic carbocycles. The summed E-state index contributed by atoms with van der Waals surface area (Å²) in [7, 11) is 0. The third kappa shape index (κ3) is 4.34. The summed E-state index contributed by atoms with van der Waals surface area (Å²) >= 11 is 0. The largest absolute Gasteiger partial charge is 0.384 e. The summed E-state index contributed by atoms with van der Waals surface area (Å²) in [6.45, 7) is 9.59. The van der Waals surface area contributed by atoms with Gasteiger partial charge in [-0.05, 0) is 30.2 Å². The second-order valence-corrected chi connectivity index (χ2v) is 4.06. The van der Waals surface area contributed by atoms with E-state index in [-0.39, 0.29) is 0 Å². The summed E-state index contributed by atoms with van der Waals surface area (Å²) in [6.07, 6.45) is 0. The SMILES string of the molecule is CCNCCNc1ccc(C(C)C)cc1. The van der Waals surface area contributed by atoms with Crippen molar-refractivity contribution < 1.29 is 0 Å². The molecule has 0 saturated carbocycles. The lowest BCUT2D eigenvalue weighted by molar-refractivity contribution is 0.739. The Bertz CT molecular complexity index is 264. The van der Waals surface area contributed by atoms with Crippen LogP contribution in [0.4, 0.5) is 5.69 Å². The number of anilines is 1. The predicted molar refractivity (Wildman–Crippen MR) is 67.6 cm³/mol. The first-order valence-corrected chi connectivity index (χ1v) is 5.78. The van der Waals surface area contributed by atoms with Gasteiger partial charge in [0.25, 0.3) is 0 Å². The molecule has 1 rings (SSSR count). The molecule has 15 heavy (non-hydrogen) atoms. The van der Waals surface area contributed by atoms with E-state index in [4.69, 9.17) is 0 Å². The van der Waals surface area contributed by atoms with Gasteiger partial charge in [-0.2, -0.15) is 0 Å². The van der Waals surface area contributed by atoms with Gasteiger partial charge in [0.15, 0.2) is 0 Å². The van der Waals surface area contributed by atoms with Crippen LogP contribution < -0.4 is 10.6 Å². The van der Waals surface area contributed by atoms with Gasteiger partial charge < -0.3 is 10.6 Å². The highest BCUT2D eigenvalue weighted by molar-refractivity contribution is 5.45. The molecule has 1 aromatic rings. The molecule has 0 fully saturated rings. The van der Waals surface area contributed by atoms with E-state index < -0.39 is 0 Å². The van der Waals surface area contributed by atoms with Crippen LogP contribution in [-0.4, -0.2) is 19.6 Å². The first kappa shape index (κ1) is 12.1. The van der Waals surface area contributed by atoms with Crippen molar-refractivity contribution in [2.75, 3.05) is 25.0 Å². The van der Waals surface area contributed by atoms with Gasteiger partial charge in [0, 0.05) is 18.8 Å². The molecule has 0 atom stereocenters. The monoisotopic (exact) mass is 206 g/mol. The Morgan fingerprint density at radius 1 is 1.07 bits per heavy atom. The molecule has 0 aliphatic rings. The van der Waals surface area contributed by atoms with E-state index in [2.05, 4.69) is 55.7 Å². The average Bonchev–Trinajstić information content (AvgIpc) is 2.25. The maximum Gasteiger partial charge on any atom is 0.0340 e. The minimum Gasteiger partial charge on any atom is -0.384 e. The van der Waals surface area contributed by atoms with Crippen molar-refractivity contribution in [1.29, 1.82) is 0 Å². The van der Waals surface area contributed by atoms with E-state index in [9.17, 15) is 0 Å². The van der Waals surface area contributed by atoms with Gasteiger partial charge in [-0.1, -0.05) is 32.9 Å². The molecule has 0 spiro atoms. The Balaban J connectivity index is 2.36. The summed E-state index contributed by atoms with van der Waals surface area (Å²) in [4.78, 5) is 0. The van der Waals surface area contributed by atoms with Gasteiger partial charge in [0.2, 0.25) is 0 Å². The van der Waals surface area contributed by atoms with Crippen molar-refractivity contribution in [3.8, 4) is 0 Å². The third-order valence-corrected chi connectivity index (χ3v) is 2.46. The number of benzene rings is 1. The first-order valence-electron chi connectivity index (χ1n) is 5.78. The standard InChI is InChI=1S/C13H22N2/c1-4-14-9-10-15-13-7-5-12(6-8-13)11(2)3/h5-8,11,14-15H,4,9-10H2,1-3H3. The Labute approximate surface area is 93.1 Å². The van der Waals surface area contributed by atoms with E-state index in [1.165, 1.54) is 11.3 Å². The highest BCUT2D eigenvalue weighted by Crippen LogP contribution is 2.16. The van der Waals surface area contributed by atoms with Crippen molar-refractivity contribution in [3.05, 3.63) is 29.8 Å². The molecular weight excluding hydrogens is 184 g/mol. The van der Waals surface area contributed by atoms with E-state index in [0.717, 1.165) is 19.6 Å². The summed E-state index contributed by atoms with van der Waals surface area (Å²) < 4.78 is 0. The minimum atomic E-state index is 0.612. The summed E-state index contributed by atoms with van der Waals surface area (Å²) in [5, 5.41) is 6.67. The fraction of sp³-hybridized carbons (Fsp3) is 0.538. The molecule has 2 nitrogen and oxygen atoms in total. The topological polar surface area (TPSA) is 24.1 Å². The number of hydrogen-bond donors (Lipinski definition) is 2. The van der Waals surface area contributed by atoms with Gasteiger partial charge >= 0.3 is 0 Å². The molecule has 0 saturated heterocycles. The predicted octanol–water partition coefficient (Wildman–Crippen LogP) is 2.83. The molecule has 0 aromatic heterocycles. The van der Waals surface area contributed by atoms with Crippen LogP contribution in [0.25, 0.3) is 0 Å². The lowest BCUT2D eigenvalue weighted by Crippen LogP contribution is -2.21. The molecule has 2 N–H and O–H groups in total. The van der Waals surface area contributed by atoms with E-state index in [1.54, 1.807) is 0 Å². The van der Waals surface area contributed by atoms with Crippen LogP contribution in [0.15, 0.2) is 24.3 Å². The quantitative estimate of drug-likeness (QED) is 0.699. The molecule has 0 aliphatic heterocycles. The summed E-state index contributed by atoms with van der Waals surface area (Å²) in [5.41, 5.74) is 2.60. The summed E-state index contributed by atoms with van der Waals surface area (Å²) in [6, 6.07) is 8.70. The van der Waals surface area contributed by atoms with E-state index in [1.807, 2.05) is 0 Å². The molecule has 84 valence electrons. The highest BCUT2D eigenvalue weighted by Gasteiger charge is 1.97. The fourth-order valence-electron chi connectivity index (χ4n) is 1.46. The van der Waals surface area contributed by atoms with Crippen molar-refractivity contribution in [1.82, 2.24) is 5.32 Å². The summed E-state index contributed by atoms with van der Waals surface area (Å²) in [5.74, 6) is 0.612. The normalized spacial score (nSPS) is 10.7. The molecule has 2 heteroatoms. The zero-order valence-electron chi connectivity index (χ0n) is 10.0.